The van der Waals surface area contributed by atoms with E-state index in [0.717, 1.165) is 30.1 Å². The largest absolute Gasteiger partial charge is 0.481 e. The Balaban J connectivity index is 2.08. The van der Waals surface area contributed by atoms with Gasteiger partial charge < -0.3 is 14.7 Å². The molecule has 1 atom stereocenters. The van der Waals surface area contributed by atoms with Gasteiger partial charge in [0.05, 0.1) is 30.4 Å². The van der Waals surface area contributed by atoms with Gasteiger partial charge in [0.15, 0.2) is 0 Å². The predicted octanol–water partition coefficient (Wildman–Crippen LogP) is 0.542. The SMILES string of the molecule is COc1c(CN2CCCC(O)(CC(=O)N(C)C)C2)c(C)nn1C. The lowest BCUT2D eigenvalue weighted by Crippen LogP contribution is -2.50. The Bertz CT molecular complexity index is 570. The highest BCUT2D eigenvalue weighted by Gasteiger charge is 2.36. The van der Waals surface area contributed by atoms with E-state index >= 15 is 0 Å². The van der Waals surface area contributed by atoms with Gasteiger partial charge in [0, 0.05) is 34.2 Å². The van der Waals surface area contributed by atoms with Crippen molar-refractivity contribution >= 4 is 5.91 Å². The molecule has 1 aromatic rings. The molecule has 1 N–H and O–H groups in total. The molecule has 1 unspecified atom stereocenters. The standard InChI is InChI=1S/C16H28N4O3/c1-12-13(15(23-5)19(4)17-12)10-20-8-6-7-16(22,11-20)9-14(21)18(2)3/h22H,6-11H2,1-5H3. The Morgan fingerprint density at radius 1 is 1.48 bits per heavy atom. The maximum absolute atomic E-state index is 12.0. The molecule has 0 spiro atoms. The number of amides is 1. The number of hydrogen-bond donors (Lipinski definition) is 1. The van der Waals surface area contributed by atoms with E-state index in [2.05, 4.69) is 10.00 Å². The fourth-order valence-electron chi connectivity index (χ4n) is 3.27. The van der Waals surface area contributed by atoms with E-state index in [1.165, 1.54) is 4.90 Å². The molecular weight excluding hydrogens is 296 g/mol. The van der Waals surface area contributed by atoms with Crippen LogP contribution >= 0.6 is 0 Å². The first kappa shape index (κ1) is 17.7. The van der Waals surface area contributed by atoms with Crippen LogP contribution in [0.5, 0.6) is 5.88 Å². The van der Waals surface area contributed by atoms with E-state index in [-0.39, 0.29) is 12.3 Å². The van der Waals surface area contributed by atoms with E-state index in [1.807, 2.05) is 14.0 Å². The number of hydrogen-bond acceptors (Lipinski definition) is 5. The summed E-state index contributed by atoms with van der Waals surface area (Å²) in [7, 11) is 6.94. The molecule has 1 aliphatic rings. The first-order valence-electron chi connectivity index (χ1n) is 7.97. The number of aromatic nitrogens is 2. The number of likely N-dealkylation sites (tertiary alicyclic amines) is 1. The molecule has 1 aliphatic heterocycles. The van der Waals surface area contributed by atoms with E-state index in [0.29, 0.717) is 19.5 Å². The van der Waals surface area contributed by atoms with Crippen molar-refractivity contribution in [2.45, 2.75) is 38.3 Å². The summed E-state index contributed by atoms with van der Waals surface area (Å²) in [5, 5.41) is 15.2. The highest BCUT2D eigenvalue weighted by Crippen LogP contribution is 2.29. The smallest absolute Gasteiger partial charge is 0.224 e. The zero-order chi connectivity index (χ0) is 17.2. The third-order valence-electron chi connectivity index (χ3n) is 4.48. The van der Waals surface area contributed by atoms with Crippen molar-refractivity contribution in [1.82, 2.24) is 19.6 Å². The van der Waals surface area contributed by atoms with Gasteiger partial charge in [0.1, 0.15) is 0 Å². The molecule has 7 heteroatoms. The van der Waals surface area contributed by atoms with Crippen LogP contribution in [0.2, 0.25) is 0 Å². The molecule has 0 radical (unpaired) electrons. The second kappa shape index (κ2) is 6.88. The van der Waals surface area contributed by atoms with Gasteiger partial charge in [-0.2, -0.15) is 5.10 Å². The monoisotopic (exact) mass is 324 g/mol. The quantitative estimate of drug-likeness (QED) is 0.856. The van der Waals surface area contributed by atoms with Crippen LogP contribution in [0, 0.1) is 6.92 Å². The highest BCUT2D eigenvalue weighted by molar-refractivity contribution is 5.76. The van der Waals surface area contributed by atoms with Gasteiger partial charge in [0.25, 0.3) is 0 Å². The number of aliphatic hydroxyl groups is 1. The van der Waals surface area contributed by atoms with Gasteiger partial charge in [-0.3, -0.25) is 9.69 Å². The molecule has 0 saturated carbocycles. The van der Waals surface area contributed by atoms with Crippen molar-refractivity contribution in [3.05, 3.63) is 11.3 Å². The maximum atomic E-state index is 12.0. The number of rotatable bonds is 5. The molecule has 0 aliphatic carbocycles. The number of aryl methyl sites for hydroxylation is 2. The number of β-amino-alcohol motifs (C(OH)–C–C–N with tert-alkyl or cyclic N) is 1. The Kier molecular flexibility index (Phi) is 5.31. The average molecular weight is 324 g/mol. The van der Waals surface area contributed by atoms with Crippen LogP contribution in [0.1, 0.15) is 30.5 Å². The van der Waals surface area contributed by atoms with Crippen molar-refractivity contribution in [2.75, 3.05) is 34.3 Å². The van der Waals surface area contributed by atoms with E-state index < -0.39 is 5.60 Å². The average Bonchev–Trinajstić information content (AvgIpc) is 2.72. The summed E-state index contributed by atoms with van der Waals surface area (Å²) in [5.74, 6) is 0.713. The van der Waals surface area contributed by atoms with Crippen LogP contribution in [0.25, 0.3) is 0 Å². The lowest BCUT2D eigenvalue weighted by atomic mass is 9.89. The van der Waals surface area contributed by atoms with Crippen LogP contribution < -0.4 is 4.74 Å². The number of nitrogens with zero attached hydrogens (tertiary/aromatic N) is 4. The van der Waals surface area contributed by atoms with Crippen LogP contribution in [0.15, 0.2) is 0 Å². The third kappa shape index (κ3) is 4.03. The van der Waals surface area contributed by atoms with Crippen molar-refractivity contribution in [3.8, 4) is 5.88 Å². The topological polar surface area (TPSA) is 70.8 Å². The molecule has 0 bridgehead atoms. The minimum atomic E-state index is -0.955. The van der Waals surface area contributed by atoms with E-state index in [4.69, 9.17) is 4.74 Å². The summed E-state index contributed by atoms with van der Waals surface area (Å²) in [6, 6.07) is 0. The van der Waals surface area contributed by atoms with Gasteiger partial charge in [-0.15, -0.1) is 0 Å². The molecule has 130 valence electrons. The highest BCUT2D eigenvalue weighted by atomic mass is 16.5. The van der Waals surface area contributed by atoms with E-state index in [1.54, 1.807) is 25.9 Å². The summed E-state index contributed by atoms with van der Waals surface area (Å²) >= 11 is 0. The van der Waals surface area contributed by atoms with Crippen molar-refractivity contribution in [2.24, 2.45) is 7.05 Å². The summed E-state index contributed by atoms with van der Waals surface area (Å²) in [6.45, 7) is 4.02. The molecule has 1 amide bonds. The lowest BCUT2D eigenvalue weighted by molar-refractivity contribution is -0.136. The van der Waals surface area contributed by atoms with Crippen molar-refractivity contribution < 1.29 is 14.6 Å². The third-order valence-corrected chi connectivity index (χ3v) is 4.48. The maximum Gasteiger partial charge on any atom is 0.224 e. The molecule has 0 aromatic carbocycles. The lowest BCUT2D eigenvalue weighted by Gasteiger charge is -2.39. The summed E-state index contributed by atoms with van der Waals surface area (Å²) in [5.41, 5.74) is 1.02. The summed E-state index contributed by atoms with van der Waals surface area (Å²) in [6.07, 6.45) is 1.70. The van der Waals surface area contributed by atoms with Crippen LogP contribution in [0.3, 0.4) is 0 Å². The molecule has 1 aromatic heterocycles. The Morgan fingerprint density at radius 3 is 2.78 bits per heavy atom. The van der Waals surface area contributed by atoms with Gasteiger partial charge in [0.2, 0.25) is 11.8 Å². The van der Waals surface area contributed by atoms with E-state index in [9.17, 15) is 9.90 Å². The van der Waals surface area contributed by atoms with Gasteiger partial charge >= 0.3 is 0 Å². The zero-order valence-electron chi connectivity index (χ0n) is 14.8. The molecular formula is C16H28N4O3. The Labute approximate surface area is 137 Å². The number of carbonyl (C=O) groups is 1. The fraction of sp³-hybridized carbons (Fsp3) is 0.750. The van der Waals surface area contributed by atoms with Gasteiger partial charge in [-0.25, -0.2) is 4.68 Å². The summed E-state index contributed by atoms with van der Waals surface area (Å²) < 4.78 is 7.17. The second-order valence-electron chi connectivity index (χ2n) is 6.70. The van der Waals surface area contributed by atoms with Crippen LogP contribution in [0.4, 0.5) is 0 Å². The van der Waals surface area contributed by atoms with Gasteiger partial charge in [-0.05, 0) is 26.3 Å². The number of carbonyl (C=O) groups excluding carboxylic acids is 1. The molecule has 1 saturated heterocycles. The molecule has 7 nitrogen and oxygen atoms in total. The minimum absolute atomic E-state index is 0.0375. The minimum Gasteiger partial charge on any atom is -0.481 e. The van der Waals surface area contributed by atoms with Crippen LogP contribution in [-0.2, 0) is 18.4 Å². The number of ether oxygens (including phenoxy) is 1. The first-order chi connectivity index (χ1) is 10.8. The Hall–Kier alpha value is -1.60. The molecule has 1 fully saturated rings. The van der Waals surface area contributed by atoms with Gasteiger partial charge in [-0.1, -0.05) is 0 Å². The predicted molar refractivity (Wildman–Crippen MR) is 87.3 cm³/mol. The molecule has 2 heterocycles. The second-order valence-corrected chi connectivity index (χ2v) is 6.70. The number of methoxy groups -OCH3 is 1. The molecule has 23 heavy (non-hydrogen) atoms. The number of piperidine rings is 1. The zero-order valence-corrected chi connectivity index (χ0v) is 14.8. The first-order valence-corrected chi connectivity index (χ1v) is 7.97. The molecule has 2 rings (SSSR count). The summed E-state index contributed by atoms with van der Waals surface area (Å²) in [4.78, 5) is 15.7. The van der Waals surface area contributed by atoms with Crippen molar-refractivity contribution in [1.29, 1.82) is 0 Å². The normalized spacial score (nSPS) is 22.2. The Morgan fingerprint density at radius 2 is 2.17 bits per heavy atom. The van der Waals surface area contributed by atoms with Crippen molar-refractivity contribution in [3.63, 3.8) is 0 Å². The van der Waals surface area contributed by atoms with Crippen LogP contribution in [-0.4, -0.2) is 70.5 Å². The fourth-order valence-corrected chi connectivity index (χ4v) is 3.27.